The summed E-state index contributed by atoms with van der Waals surface area (Å²) in [5, 5.41) is 2.87. The van der Waals surface area contributed by atoms with Gasteiger partial charge in [0.15, 0.2) is 0 Å². The van der Waals surface area contributed by atoms with Crippen LogP contribution in [0.15, 0.2) is 0 Å². The first-order valence-electron chi connectivity index (χ1n) is 7.21. The number of hydrogen-bond donors (Lipinski definition) is 2. The lowest BCUT2D eigenvalue weighted by molar-refractivity contribution is -0.134. The second-order valence-electron chi connectivity index (χ2n) is 5.78. The molecule has 0 radical (unpaired) electrons. The first kappa shape index (κ1) is 16.0. The van der Waals surface area contributed by atoms with Crippen LogP contribution in [0.5, 0.6) is 0 Å². The minimum Gasteiger partial charge on any atom is -0.352 e. The van der Waals surface area contributed by atoms with E-state index in [0.29, 0.717) is 6.54 Å². The third kappa shape index (κ3) is 5.59. The quantitative estimate of drug-likeness (QED) is 0.751. The summed E-state index contributed by atoms with van der Waals surface area (Å²) in [5.74, 6) is 0.233. The molecule has 3 atom stereocenters. The molecule has 0 aromatic heterocycles. The average Bonchev–Trinajstić information content (AvgIpc) is 2.74. The SMILES string of the molecule is CC(=O)NC1CCN(C(=O)C(C)CCCC(C)N)C1. The summed E-state index contributed by atoms with van der Waals surface area (Å²) in [5.41, 5.74) is 5.71. The van der Waals surface area contributed by atoms with E-state index in [1.165, 1.54) is 6.92 Å². The van der Waals surface area contributed by atoms with Gasteiger partial charge in [0.1, 0.15) is 0 Å². The molecule has 5 heteroatoms. The summed E-state index contributed by atoms with van der Waals surface area (Å²) in [7, 11) is 0. The number of nitrogens with zero attached hydrogens (tertiary/aromatic N) is 1. The van der Waals surface area contributed by atoms with Gasteiger partial charge in [-0.3, -0.25) is 9.59 Å². The molecule has 5 nitrogen and oxygen atoms in total. The zero-order valence-electron chi connectivity index (χ0n) is 12.3. The van der Waals surface area contributed by atoms with Gasteiger partial charge in [-0.05, 0) is 26.2 Å². The van der Waals surface area contributed by atoms with Crippen LogP contribution in [0, 0.1) is 5.92 Å². The Balaban J connectivity index is 2.31. The molecule has 0 spiro atoms. The predicted molar refractivity (Wildman–Crippen MR) is 75.5 cm³/mol. The van der Waals surface area contributed by atoms with E-state index in [0.717, 1.165) is 32.2 Å². The zero-order valence-corrected chi connectivity index (χ0v) is 12.3. The lowest BCUT2D eigenvalue weighted by Crippen LogP contribution is -2.39. The number of carbonyl (C=O) groups is 2. The van der Waals surface area contributed by atoms with Crippen LogP contribution in [0.4, 0.5) is 0 Å². The van der Waals surface area contributed by atoms with E-state index in [2.05, 4.69) is 5.32 Å². The van der Waals surface area contributed by atoms with Crippen LogP contribution in [0.3, 0.4) is 0 Å². The van der Waals surface area contributed by atoms with E-state index in [9.17, 15) is 9.59 Å². The van der Waals surface area contributed by atoms with Gasteiger partial charge in [-0.1, -0.05) is 13.3 Å². The van der Waals surface area contributed by atoms with Crippen molar-refractivity contribution in [3.8, 4) is 0 Å². The van der Waals surface area contributed by atoms with Gasteiger partial charge < -0.3 is 16.0 Å². The molecule has 0 aromatic rings. The van der Waals surface area contributed by atoms with Crippen LogP contribution in [-0.4, -0.2) is 41.9 Å². The first-order valence-corrected chi connectivity index (χ1v) is 7.21. The molecule has 1 aliphatic heterocycles. The number of nitrogens with one attached hydrogen (secondary N) is 1. The van der Waals surface area contributed by atoms with Gasteiger partial charge >= 0.3 is 0 Å². The van der Waals surface area contributed by atoms with Gasteiger partial charge in [-0.2, -0.15) is 0 Å². The Morgan fingerprint density at radius 2 is 2.05 bits per heavy atom. The van der Waals surface area contributed by atoms with E-state index in [4.69, 9.17) is 5.73 Å². The summed E-state index contributed by atoms with van der Waals surface area (Å²) in [4.78, 5) is 25.1. The third-order valence-electron chi connectivity index (χ3n) is 3.63. The Kier molecular flexibility index (Phi) is 6.28. The Hall–Kier alpha value is -1.10. The molecule has 0 bridgehead atoms. The van der Waals surface area contributed by atoms with Gasteiger partial charge in [0, 0.05) is 38.0 Å². The molecule has 0 saturated carbocycles. The van der Waals surface area contributed by atoms with Crippen molar-refractivity contribution in [1.82, 2.24) is 10.2 Å². The maximum absolute atomic E-state index is 12.2. The monoisotopic (exact) mass is 269 g/mol. The fraction of sp³-hybridized carbons (Fsp3) is 0.857. The lowest BCUT2D eigenvalue weighted by atomic mass is 10.0. The predicted octanol–water partition coefficient (Wildman–Crippen LogP) is 0.877. The molecule has 1 rings (SSSR count). The number of hydrogen-bond acceptors (Lipinski definition) is 3. The van der Waals surface area contributed by atoms with Gasteiger partial charge in [-0.25, -0.2) is 0 Å². The van der Waals surface area contributed by atoms with E-state index in [1.807, 2.05) is 18.7 Å². The fourth-order valence-corrected chi connectivity index (χ4v) is 2.55. The molecular formula is C14H27N3O2. The molecule has 1 fully saturated rings. The van der Waals surface area contributed by atoms with Crippen molar-refractivity contribution in [2.75, 3.05) is 13.1 Å². The maximum Gasteiger partial charge on any atom is 0.225 e. The number of nitrogens with two attached hydrogens (primary N) is 1. The van der Waals surface area contributed by atoms with Crippen molar-refractivity contribution in [2.45, 2.75) is 58.5 Å². The van der Waals surface area contributed by atoms with E-state index < -0.39 is 0 Å². The summed E-state index contributed by atoms with van der Waals surface area (Å²) < 4.78 is 0. The summed E-state index contributed by atoms with van der Waals surface area (Å²) in [6.07, 6.45) is 3.71. The minimum absolute atomic E-state index is 0.0238. The van der Waals surface area contributed by atoms with Gasteiger partial charge in [0.2, 0.25) is 11.8 Å². The number of likely N-dealkylation sites (tertiary alicyclic amines) is 1. The summed E-state index contributed by atoms with van der Waals surface area (Å²) in [6.45, 7) is 6.89. The highest BCUT2D eigenvalue weighted by molar-refractivity contribution is 5.79. The highest BCUT2D eigenvalue weighted by Gasteiger charge is 2.28. The molecule has 3 N–H and O–H groups in total. The van der Waals surface area contributed by atoms with Crippen LogP contribution in [0.1, 0.15) is 46.5 Å². The van der Waals surface area contributed by atoms with Gasteiger partial charge in [0.25, 0.3) is 0 Å². The van der Waals surface area contributed by atoms with Crippen molar-refractivity contribution in [3.63, 3.8) is 0 Å². The van der Waals surface area contributed by atoms with Crippen molar-refractivity contribution in [2.24, 2.45) is 11.7 Å². The molecule has 0 aliphatic carbocycles. The minimum atomic E-state index is -0.0238. The van der Waals surface area contributed by atoms with Crippen LogP contribution in [-0.2, 0) is 9.59 Å². The highest BCUT2D eigenvalue weighted by atomic mass is 16.2. The molecule has 110 valence electrons. The van der Waals surface area contributed by atoms with E-state index in [1.54, 1.807) is 0 Å². The highest BCUT2D eigenvalue weighted by Crippen LogP contribution is 2.17. The zero-order chi connectivity index (χ0) is 14.4. The molecule has 1 aliphatic rings. The largest absolute Gasteiger partial charge is 0.352 e. The fourth-order valence-electron chi connectivity index (χ4n) is 2.55. The molecule has 1 saturated heterocycles. The normalized spacial score (nSPS) is 22.1. The average molecular weight is 269 g/mol. The van der Waals surface area contributed by atoms with Crippen molar-refractivity contribution in [1.29, 1.82) is 0 Å². The van der Waals surface area contributed by atoms with Crippen LogP contribution in [0.25, 0.3) is 0 Å². The Labute approximate surface area is 115 Å². The van der Waals surface area contributed by atoms with Gasteiger partial charge in [-0.15, -0.1) is 0 Å². The molecule has 3 unspecified atom stereocenters. The summed E-state index contributed by atoms with van der Waals surface area (Å²) in [6, 6.07) is 0.330. The van der Waals surface area contributed by atoms with E-state index >= 15 is 0 Å². The first-order chi connectivity index (χ1) is 8.90. The van der Waals surface area contributed by atoms with Gasteiger partial charge in [0.05, 0.1) is 0 Å². The summed E-state index contributed by atoms with van der Waals surface area (Å²) >= 11 is 0. The smallest absolute Gasteiger partial charge is 0.225 e. The molecule has 2 amide bonds. The lowest BCUT2D eigenvalue weighted by Gasteiger charge is -2.21. The Morgan fingerprint density at radius 1 is 1.37 bits per heavy atom. The van der Waals surface area contributed by atoms with Crippen molar-refractivity contribution in [3.05, 3.63) is 0 Å². The second kappa shape index (κ2) is 7.48. The Morgan fingerprint density at radius 3 is 2.63 bits per heavy atom. The van der Waals surface area contributed by atoms with Crippen LogP contribution < -0.4 is 11.1 Å². The number of amides is 2. The number of rotatable bonds is 6. The van der Waals surface area contributed by atoms with Crippen molar-refractivity contribution >= 4 is 11.8 Å². The van der Waals surface area contributed by atoms with Crippen LogP contribution >= 0.6 is 0 Å². The van der Waals surface area contributed by atoms with E-state index in [-0.39, 0.29) is 29.8 Å². The number of carbonyl (C=O) groups excluding carboxylic acids is 2. The molecule has 0 aromatic carbocycles. The molecule has 1 heterocycles. The molecular weight excluding hydrogens is 242 g/mol. The standard InChI is InChI=1S/C14H27N3O2/c1-10(5-4-6-11(2)15)14(19)17-8-7-13(9-17)16-12(3)18/h10-11,13H,4-9,15H2,1-3H3,(H,16,18). The topological polar surface area (TPSA) is 75.4 Å². The van der Waals surface area contributed by atoms with Crippen molar-refractivity contribution < 1.29 is 9.59 Å². The van der Waals surface area contributed by atoms with Crippen LogP contribution in [0.2, 0.25) is 0 Å². The Bertz CT molecular complexity index is 318. The second-order valence-corrected chi connectivity index (χ2v) is 5.78. The third-order valence-corrected chi connectivity index (χ3v) is 3.63. The maximum atomic E-state index is 12.2. The molecule has 19 heavy (non-hydrogen) atoms.